The number of azo groups is 1. The Balaban J connectivity index is 2.09. The molecule has 0 amide bonds. The lowest BCUT2D eigenvalue weighted by atomic mass is 10.1. The predicted molar refractivity (Wildman–Crippen MR) is 108 cm³/mol. The Morgan fingerprint density at radius 2 is 1.81 bits per heavy atom. The quantitative estimate of drug-likeness (QED) is 0.503. The Kier molecular flexibility index (Phi) is 5.77. The Hall–Kier alpha value is -3.26. The number of nitrogens with zero attached hydrogens (tertiary/aromatic N) is 4. The van der Waals surface area contributed by atoms with Crippen LogP contribution in [0.1, 0.15) is 6.92 Å². The molecule has 0 aliphatic heterocycles. The Bertz CT molecular complexity index is 952. The summed E-state index contributed by atoms with van der Waals surface area (Å²) in [6.45, 7) is 2.27. The summed E-state index contributed by atoms with van der Waals surface area (Å²) in [5.74, 6) is 1.11. The van der Waals surface area contributed by atoms with Gasteiger partial charge in [0, 0.05) is 5.56 Å². The molecule has 0 aliphatic rings. The van der Waals surface area contributed by atoms with E-state index in [9.17, 15) is 0 Å². The fraction of sp³-hybridized carbons (Fsp3) is 0.158. The van der Waals surface area contributed by atoms with E-state index in [1.165, 1.54) is 4.68 Å². The molecule has 27 heavy (non-hydrogen) atoms. The van der Waals surface area contributed by atoms with Crippen LogP contribution in [0.15, 0.2) is 64.8 Å². The predicted octanol–water partition coefficient (Wildman–Crippen LogP) is 4.46. The second-order valence-corrected chi connectivity index (χ2v) is 5.87. The van der Waals surface area contributed by atoms with Gasteiger partial charge in [-0.3, -0.25) is 0 Å². The van der Waals surface area contributed by atoms with Gasteiger partial charge in [-0.15, -0.1) is 5.11 Å². The molecule has 1 heterocycles. The molecule has 7 nitrogen and oxygen atoms in total. The maximum Gasteiger partial charge on any atom is 0.248 e. The third-order valence-electron chi connectivity index (χ3n) is 3.69. The van der Waals surface area contributed by atoms with Crippen LogP contribution in [0.2, 0.25) is 0 Å². The van der Waals surface area contributed by atoms with Gasteiger partial charge in [-0.1, -0.05) is 30.3 Å². The maximum atomic E-state index is 5.81. The molecule has 2 aromatic carbocycles. The van der Waals surface area contributed by atoms with E-state index in [-0.39, 0.29) is 5.11 Å². The first-order valence-electron chi connectivity index (χ1n) is 8.31. The topological polar surface area (TPSA) is 87.0 Å². The molecule has 0 bridgehead atoms. The van der Waals surface area contributed by atoms with Gasteiger partial charge in [-0.25, -0.2) is 0 Å². The smallest absolute Gasteiger partial charge is 0.248 e. The number of thiocarbonyl (C=S) groups is 1. The minimum atomic E-state index is 0.0709. The van der Waals surface area contributed by atoms with E-state index in [4.69, 9.17) is 27.4 Å². The number of rotatable bonds is 6. The summed E-state index contributed by atoms with van der Waals surface area (Å²) in [7, 11) is 1.61. The van der Waals surface area contributed by atoms with Crippen molar-refractivity contribution in [3.8, 4) is 22.9 Å². The van der Waals surface area contributed by atoms with Crippen molar-refractivity contribution in [3.63, 3.8) is 0 Å². The molecule has 0 saturated carbocycles. The molecular weight excluding hydrogens is 362 g/mol. The van der Waals surface area contributed by atoms with Crippen molar-refractivity contribution in [1.29, 1.82) is 0 Å². The highest BCUT2D eigenvalue weighted by Gasteiger charge is 2.22. The van der Waals surface area contributed by atoms with Crippen LogP contribution in [0.25, 0.3) is 11.3 Å². The number of methoxy groups -OCH3 is 1. The van der Waals surface area contributed by atoms with E-state index in [1.807, 2.05) is 61.5 Å². The van der Waals surface area contributed by atoms with Gasteiger partial charge in [0.1, 0.15) is 11.4 Å². The van der Waals surface area contributed by atoms with Crippen LogP contribution in [0.4, 0.5) is 11.4 Å². The maximum absolute atomic E-state index is 5.81. The molecule has 0 saturated heterocycles. The monoisotopic (exact) mass is 381 g/mol. The first kappa shape index (κ1) is 18.5. The summed E-state index contributed by atoms with van der Waals surface area (Å²) in [4.78, 5) is 0. The second-order valence-electron chi connectivity index (χ2n) is 5.45. The van der Waals surface area contributed by atoms with E-state index in [0.29, 0.717) is 29.6 Å². The van der Waals surface area contributed by atoms with Crippen LogP contribution in [-0.2, 0) is 0 Å². The number of aromatic nitrogens is 2. The number of benzene rings is 2. The molecule has 0 fully saturated rings. The highest BCUT2D eigenvalue weighted by Crippen LogP contribution is 2.39. The van der Waals surface area contributed by atoms with Gasteiger partial charge in [0.05, 0.1) is 19.4 Å². The summed E-state index contributed by atoms with van der Waals surface area (Å²) in [5, 5.41) is 13.3. The molecule has 0 spiro atoms. The van der Waals surface area contributed by atoms with E-state index in [2.05, 4.69) is 15.3 Å². The average molecular weight is 381 g/mol. The fourth-order valence-electron chi connectivity index (χ4n) is 2.45. The van der Waals surface area contributed by atoms with Crippen LogP contribution in [0.3, 0.4) is 0 Å². The number of nitrogens with two attached hydrogens (primary N) is 1. The van der Waals surface area contributed by atoms with E-state index < -0.39 is 0 Å². The lowest BCUT2D eigenvalue weighted by Crippen LogP contribution is -2.21. The summed E-state index contributed by atoms with van der Waals surface area (Å²) < 4.78 is 12.2. The van der Waals surface area contributed by atoms with Gasteiger partial charge in [0.2, 0.25) is 5.88 Å². The minimum absolute atomic E-state index is 0.0709. The highest BCUT2D eigenvalue weighted by atomic mass is 32.1. The minimum Gasteiger partial charge on any atom is -0.497 e. The van der Waals surface area contributed by atoms with Crippen molar-refractivity contribution >= 4 is 28.7 Å². The summed E-state index contributed by atoms with van der Waals surface area (Å²) in [5.41, 5.74) is 8.39. The molecule has 0 radical (unpaired) electrons. The van der Waals surface area contributed by atoms with Crippen molar-refractivity contribution < 1.29 is 9.47 Å². The summed E-state index contributed by atoms with van der Waals surface area (Å²) in [6.07, 6.45) is 0. The summed E-state index contributed by atoms with van der Waals surface area (Å²) in [6, 6.07) is 16.9. The average Bonchev–Trinajstić information content (AvgIpc) is 3.06. The SMILES string of the molecule is CCOc1c(N=Nc2ccc(OC)cc2)c(-c2ccccc2)nn1C(N)=S. The van der Waals surface area contributed by atoms with Crippen molar-refractivity contribution in [2.75, 3.05) is 13.7 Å². The second kappa shape index (κ2) is 8.41. The molecule has 3 aromatic rings. The van der Waals surface area contributed by atoms with E-state index in [1.54, 1.807) is 7.11 Å². The molecule has 3 rings (SSSR count). The number of hydrogen-bond acceptors (Lipinski definition) is 6. The molecule has 0 atom stereocenters. The van der Waals surface area contributed by atoms with E-state index >= 15 is 0 Å². The Labute approximate surface area is 162 Å². The van der Waals surface area contributed by atoms with Gasteiger partial charge < -0.3 is 15.2 Å². The van der Waals surface area contributed by atoms with Gasteiger partial charge in [0.15, 0.2) is 10.8 Å². The highest BCUT2D eigenvalue weighted by molar-refractivity contribution is 7.80. The third-order valence-corrected chi connectivity index (χ3v) is 3.87. The molecule has 0 aliphatic carbocycles. The van der Waals surface area contributed by atoms with Gasteiger partial charge in [0.25, 0.3) is 0 Å². The van der Waals surface area contributed by atoms with Crippen LogP contribution >= 0.6 is 12.2 Å². The standard InChI is InChI=1S/C19H19N5O2S/c1-3-26-18-17(22-21-14-9-11-15(25-2)12-10-14)16(23-24(18)19(20)27)13-7-5-4-6-8-13/h4-12H,3H2,1-2H3,(H2,20,27). The molecule has 138 valence electrons. The first-order valence-corrected chi connectivity index (χ1v) is 8.71. The molecule has 8 heteroatoms. The molecule has 0 unspecified atom stereocenters. The van der Waals surface area contributed by atoms with Crippen molar-refractivity contribution in [2.24, 2.45) is 16.0 Å². The third kappa shape index (κ3) is 4.12. The van der Waals surface area contributed by atoms with Crippen molar-refractivity contribution in [2.45, 2.75) is 6.92 Å². The van der Waals surface area contributed by atoms with Gasteiger partial charge in [-0.05, 0) is 43.4 Å². The van der Waals surface area contributed by atoms with Crippen molar-refractivity contribution in [3.05, 3.63) is 54.6 Å². The fourth-order valence-corrected chi connectivity index (χ4v) is 2.57. The van der Waals surface area contributed by atoms with Gasteiger partial charge >= 0.3 is 0 Å². The van der Waals surface area contributed by atoms with E-state index in [0.717, 1.165) is 11.3 Å². The summed E-state index contributed by atoms with van der Waals surface area (Å²) >= 11 is 5.10. The number of hydrogen-bond donors (Lipinski definition) is 1. The molecule has 2 N–H and O–H groups in total. The van der Waals surface area contributed by atoms with Crippen LogP contribution in [-0.4, -0.2) is 28.6 Å². The lowest BCUT2D eigenvalue weighted by Gasteiger charge is -2.05. The largest absolute Gasteiger partial charge is 0.497 e. The Morgan fingerprint density at radius 3 is 2.41 bits per heavy atom. The lowest BCUT2D eigenvalue weighted by molar-refractivity contribution is 0.320. The van der Waals surface area contributed by atoms with Crippen LogP contribution in [0.5, 0.6) is 11.6 Å². The van der Waals surface area contributed by atoms with Crippen LogP contribution < -0.4 is 15.2 Å². The zero-order valence-corrected chi connectivity index (χ0v) is 15.8. The molecular formula is C19H19N5O2S. The Morgan fingerprint density at radius 1 is 1.11 bits per heavy atom. The van der Waals surface area contributed by atoms with Gasteiger partial charge in [-0.2, -0.15) is 14.9 Å². The van der Waals surface area contributed by atoms with Crippen LogP contribution in [0, 0.1) is 0 Å². The normalized spacial score (nSPS) is 10.9. The zero-order valence-electron chi connectivity index (χ0n) is 15.0. The molecule has 1 aromatic heterocycles. The van der Waals surface area contributed by atoms with Crippen molar-refractivity contribution in [1.82, 2.24) is 9.78 Å². The zero-order chi connectivity index (χ0) is 19.2. The number of ether oxygens (including phenoxy) is 2. The first-order chi connectivity index (χ1) is 13.1.